The van der Waals surface area contributed by atoms with Gasteiger partial charge in [-0.05, 0) is 18.6 Å². The highest BCUT2D eigenvalue weighted by Gasteiger charge is 2.32. The van der Waals surface area contributed by atoms with Crippen molar-refractivity contribution in [2.24, 2.45) is 0 Å². The molecule has 20 heavy (non-hydrogen) atoms. The molecular formula is C15H19F3O2. The van der Waals surface area contributed by atoms with Crippen LogP contribution in [0.1, 0.15) is 55.8 Å². The highest BCUT2D eigenvalue weighted by atomic mass is 19.4. The van der Waals surface area contributed by atoms with Crippen LogP contribution in [-0.2, 0) is 0 Å². The Kier molecular flexibility index (Phi) is 6.55. The van der Waals surface area contributed by atoms with Gasteiger partial charge < -0.3 is 4.74 Å². The Morgan fingerprint density at radius 1 is 1.10 bits per heavy atom. The summed E-state index contributed by atoms with van der Waals surface area (Å²) in [6.45, 7) is 2.09. The van der Waals surface area contributed by atoms with Gasteiger partial charge in [0, 0.05) is 6.42 Å². The fraction of sp³-hybridized carbons (Fsp3) is 0.533. The molecule has 1 aromatic rings. The fourth-order valence-electron chi connectivity index (χ4n) is 1.93. The number of carbonyl (C=O) groups excluding carboxylic acids is 1. The van der Waals surface area contributed by atoms with Gasteiger partial charge in [-0.25, -0.2) is 0 Å². The van der Waals surface area contributed by atoms with E-state index < -0.39 is 12.1 Å². The van der Waals surface area contributed by atoms with Crippen LogP contribution in [0.5, 0.6) is 5.75 Å². The zero-order chi connectivity index (χ0) is 15.0. The number of para-hydroxylation sites is 1. The molecule has 0 spiro atoms. The van der Waals surface area contributed by atoms with Crippen molar-refractivity contribution in [3.05, 3.63) is 29.8 Å². The number of Topliss-reactive ketones (excluding diaryl/α,β-unsaturated/α-hetero) is 1. The maximum absolute atomic E-state index is 12.2. The van der Waals surface area contributed by atoms with Crippen LogP contribution in [-0.4, -0.2) is 12.1 Å². The molecule has 1 rings (SSSR count). The summed E-state index contributed by atoms with van der Waals surface area (Å²) in [5.41, 5.74) is 0.000293. The number of ketones is 1. The van der Waals surface area contributed by atoms with Gasteiger partial charge in [0.15, 0.2) is 5.78 Å². The molecule has 0 bridgehead atoms. The number of hydrogen-bond acceptors (Lipinski definition) is 2. The molecule has 0 aliphatic carbocycles. The van der Waals surface area contributed by atoms with E-state index in [9.17, 15) is 18.0 Å². The van der Waals surface area contributed by atoms with Crippen molar-refractivity contribution >= 4 is 5.78 Å². The fourth-order valence-corrected chi connectivity index (χ4v) is 1.93. The predicted molar refractivity (Wildman–Crippen MR) is 70.8 cm³/mol. The maximum atomic E-state index is 12.2. The molecule has 2 nitrogen and oxygen atoms in total. The van der Waals surface area contributed by atoms with Crippen LogP contribution >= 0.6 is 0 Å². The molecular weight excluding hydrogens is 269 g/mol. The van der Waals surface area contributed by atoms with E-state index in [1.807, 2.05) is 0 Å². The average Bonchev–Trinajstić information content (AvgIpc) is 2.37. The number of unbranched alkanes of at least 4 members (excludes halogenated alkanes) is 4. The Morgan fingerprint density at radius 2 is 1.75 bits per heavy atom. The summed E-state index contributed by atoms with van der Waals surface area (Å²) in [6, 6.07) is 5.49. The van der Waals surface area contributed by atoms with Gasteiger partial charge in [0.1, 0.15) is 5.75 Å². The summed E-state index contributed by atoms with van der Waals surface area (Å²) >= 11 is 0. The van der Waals surface area contributed by atoms with E-state index in [0.717, 1.165) is 31.7 Å². The minimum Gasteiger partial charge on any atom is -0.405 e. The molecule has 0 aliphatic rings. The lowest BCUT2D eigenvalue weighted by Crippen LogP contribution is -2.19. The van der Waals surface area contributed by atoms with Crippen LogP contribution in [0.2, 0.25) is 0 Å². The van der Waals surface area contributed by atoms with Crippen LogP contribution in [0.3, 0.4) is 0 Å². The Labute approximate surface area is 116 Å². The van der Waals surface area contributed by atoms with Crippen LogP contribution < -0.4 is 4.74 Å². The Hall–Kier alpha value is -1.52. The molecule has 1 aromatic carbocycles. The van der Waals surface area contributed by atoms with Gasteiger partial charge in [-0.1, -0.05) is 44.7 Å². The van der Waals surface area contributed by atoms with Crippen LogP contribution in [0, 0.1) is 0 Å². The number of alkyl halides is 3. The SMILES string of the molecule is CCCCCCCC(=O)c1ccccc1OC(F)(F)F. The van der Waals surface area contributed by atoms with Crippen molar-refractivity contribution in [1.29, 1.82) is 0 Å². The van der Waals surface area contributed by atoms with E-state index in [1.165, 1.54) is 18.2 Å². The third-order valence-corrected chi connectivity index (χ3v) is 2.92. The molecule has 5 heteroatoms. The molecule has 0 N–H and O–H groups in total. The summed E-state index contributed by atoms with van der Waals surface area (Å²) in [7, 11) is 0. The molecule has 0 aromatic heterocycles. The van der Waals surface area contributed by atoms with Gasteiger partial charge in [-0.2, -0.15) is 0 Å². The molecule has 0 amide bonds. The number of rotatable bonds is 8. The number of ether oxygens (including phenoxy) is 1. The molecule has 0 saturated heterocycles. The van der Waals surface area contributed by atoms with Crippen LogP contribution in [0.15, 0.2) is 24.3 Å². The lowest BCUT2D eigenvalue weighted by Gasteiger charge is -2.12. The summed E-state index contributed by atoms with van der Waals surface area (Å²) in [6.07, 6.45) is 0.350. The maximum Gasteiger partial charge on any atom is 0.573 e. The van der Waals surface area contributed by atoms with Crippen molar-refractivity contribution in [1.82, 2.24) is 0 Å². The first-order valence-corrected chi connectivity index (χ1v) is 6.82. The Balaban J connectivity index is 2.59. The first kappa shape index (κ1) is 16.5. The smallest absolute Gasteiger partial charge is 0.405 e. The molecule has 112 valence electrons. The van der Waals surface area contributed by atoms with Crippen molar-refractivity contribution in [3.63, 3.8) is 0 Å². The van der Waals surface area contributed by atoms with E-state index in [1.54, 1.807) is 0 Å². The minimum atomic E-state index is -4.78. The summed E-state index contributed by atoms with van der Waals surface area (Å²) < 4.78 is 40.6. The predicted octanol–water partition coefficient (Wildman–Crippen LogP) is 5.13. The summed E-state index contributed by atoms with van der Waals surface area (Å²) in [5, 5.41) is 0. The summed E-state index contributed by atoms with van der Waals surface area (Å²) in [4.78, 5) is 11.9. The average molecular weight is 288 g/mol. The van der Waals surface area contributed by atoms with Crippen LogP contribution in [0.4, 0.5) is 13.2 Å². The highest BCUT2D eigenvalue weighted by Crippen LogP contribution is 2.27. The van der Waals surface area contributed by atoms with E-state index in [2.05, 4.69) is 11.7 Å². The Morgan fingerprint density at radius 3 is 2.40 bits per heavy atom. The zero-order valence-corrected chi connectivity index (χ0v) is 11.5. The van der Waals surface area contributed by atoms with Crippen LogP contribution in [0.25, 0.3) is 0 Å². The molecule has 0 saturated carbocycles. The molecule has 0 aliphatic heterocycles. The normalized spacial score (nSPS) is 11.4. The topological polar surface area (TPSA) is 26.3 Å². The molecule has 0 radical (unpaired) electrons. The monoisotopic (exact) mass is 288 g/mol. The van der Waals surface area contributed by atoms with Crippen molar-refractivity contribution in [2.75, 3.05) is 0 Å². The highest BCUT2D eigenvalue weighted by molar-refractivity contribution is 5.98. The lowest BCUT2D eigenvalue weighted by atomic mass is 10.0. The summed E-state index contributed by atoms with van der Waals surface area (Å²) in [5.74, 6) is -0.722. The second kappa shape index (κ2) is 7.92. The van der Waals surface area contributed by atoms with Gasteiger partial charge in [-0.15, -0.1) is 13.2 Å². The molecule has 0 unspecified atom stereocenters. The molecule has 0 fully saturated rings. The van der Waals surface area contributed by atoms with Gasteiger partial charge in [0.2, 0.25) is 0 Å². The largest absolute Gasteiger partial charge is 0.573 e. The van der Waals surface area contributed by atoms with E-state index in [4.69, 9.17) is 0 Å². The second-order valence-electron chi connectivity index (χ2n) is 4.63. The molecule has 0 heterocycles. The van der Waals surface area contributed by atoms with Gasteiger partial charge in [-0.3, -0.25) is 4.79 Å². The number of halogens is 3. The van der Waals surface area contributed by atoms with Crippen molar-refractivity contribution in [3.8, 4) is 5.75 Å². The minimum absolute atomic E-state index is 0.000293. The lowest BCUT2D eigenvalue weighted by molar-refractivity contribution is -0.274. The quantitative estimate of drug-likeness (QED) is 0.489. The first-order valence-electron chi connectivity index (χ1n) is 6.82. The third-order valence-electron chi connectivity index (χ3n) is 2.92. The van der Waals surface area contributed by atoms with Crippen molar-refractivity contribution < 1.29 is 22.7 Å². The van der Waals surface area contributed by atoms with E-state index in [-0.39, 0.29) is 17.8 Å². The zero-order valence-electron chi connectivity index (χ0n) is 11.5. The number of benzene rings is 1. The standard InChI is InChI=1S/C15H19F3O2/c1-2-3-4-5-6-10-13(19)12-9-7-8-11-14(12)20-15(16,17)18/h7-9,11H,2-6,10H2,1H3. The van der Waals surface area contributed by atoms with Gasteiger partial charge >= 0.3 is 6.36 Å². The van der Waals surface area contributed by atoms with E-state index >= 15 is 0 Å². The second-order valence-corrected chi connectivity index (χ2v) is 4.63. The number of carbonyl (C=O) groups is 1. The Bertz CT molecular complexity index is 427. The number of hydrogen-bond donors (Lipinski definition) is 0. The molecule has 0 atom stereocenters. The van der Waals surface area contributed by atoms with E-state index in [0.29, 0.717) is 6.42 Å². The van der Waals surface area contributed by atoms with Gasteiger partial charge in [0.25, 0.3) is 0 Å². The van der Waals surface area contributed by atoms with Crippen molar-refractivity contribution in [2.45, 2.75) is 51.8 Å². The third kappa shape index (κ3) is 6.08. The first-order chi connectivity index (χ1) is 9.44. The van der Waals surface area contributed by atoms with Gasteiger partial charge in [0.05, 0.1) is 5.56 Å².